The Bertz CT molecular complexity index is 1770. The lowest BCUT2D eigenvalue weighted by atomic mass is 10.00. The fourth-order valence-electron chi connectivity index (χ4n) is 5.21. The third-order valence-electron chi connectivity index (χ3n) is 7.64. The van der Waals surface area contributed by atoms with Crippen molar-refractivity contribution in [2.45, 2.75) is 57.1 Å². The second-order valence-corrected chi connectivity index (χ2v) is 14.1. The highest BCUT2D eigenvalue weighted by atomic mass is 32.2. The van der Waals surface area contributed by atoms with Crippen molar-refractivity contribution in [3.05, 3.63) is 120 Å². The molecule has 0 fully saturated rings. The second kappa shape index (κ2) is 15.2. The zero-order chi connectivity index (χ0) is 34.2. The predicted molar refractivity (Wildman–Crippen MR) is 184 cm³/mol. The lowest BCUT2D eigenvalue weighted by Gasteiger charge is -2.35. The van der Waals surface area contributed by atoms with Crippen LogP contribution in [0.25, 0.3) is 0 Å². The summed E-state index contributed by atoms with van der Waals surface area (Å²) in [5, 5.41) is 3.05. The maximum absolute atomic E-state index is 14.6. The van der Waals surface area contributed by atoms with Crippen molar-refractivity contribution < 1.29 is 27.5 Å². The summed E-state index contributed by atoms with van der Waals surface area (Å²) in [5.74, 6) is -0.272. The summed E-state index contributed by atoms with van der Waals surface area (Å²) in [5.41, 5.74) is 2.37. The van der Waals surface area contributed by atoms with Crippen LogP contribution in [0.15, 0.2) is 108 Å². The van der Waals surface area contributed by atoms with Crippen LogP contribution < -0.4 is 19.1 Å². The van der Waals surface area contributed by atoms with Gasteiger partial charge in [-0.3, -0.25) is 13.9 Å². The van der Waals surface area contributed by atoms with Gasteiger partial charge >= 0.3 is 0 Å². The van der Waals surface area contributed by atoms with Crippen LogP contribution in [-0.4, -0.2) is 57.5 Å². The number of hydrogen-bond acceptors (Lipinski definition) is 6. The molecule has 0 aliphatic carbocycles. The molecule has 0 aliphatic rings. The SMILES string of the molecule is COc1ccc(S(=O)(=O)N(CC(=O)N(Cc2ccccc2C)[C@@H](Cc2ccccc2)C(=O)NC(C)(C)C)c2ccccc2)cc1OC. The van der Waals surface area contributed by atoms with E-state index in [1.165, 1.54) is 37.3 Å². The molecular weight excluding hydrogens is 614 g/mol. The lowest BCUT2D eigenvalue weighted by molar-refractivity contribution is -0.140. The van der Waals surface area contributed by atoms with Crippen molar-refractivity contribution in [3.63, 3.8) is 0 Å². The van der Waals surface area contributed by atoms with E-state index in [1.54, 1.807) is 30.3 Å². The summed E-state index contributed by atoms with van der Waals surface area (Å²) < 4.78 is 40.4. The molecule has 0 radical (unpaired) electrons. The molecule has 0 unspecified atom stereocenters. The normalized spacial score (nSPS) is 12.1. The maximum atomic E-state index is 14.6. The maximum Gasteiger partial charge on any atom is 0.264 e. The Morgan fingerprint density at radius 1 is 0.809 bits per heavy atom. The molecule has 0 bridgehead atoms. The largest absolute Gasteiger partial charge is 0.493 e. The Morgan fingerprint density at radius 3 is 2.00 bits per heavy atom. The summed E-state index contributed by atoms with van der Waals surface area (Å²) in [6, 6.07) is 28.9. The Balaban J connectivity index is 1.83. The Hall–Kier alpha value is -4.83. The number of rotatable bonds is 13. The highest BCUT2D eigenvalue weighted by Crippen LogP contribution is 2.32. The quantitative estimate of drug-likeness (QED) is 0.196. The van der Waals surface area contributed by atoms with Crippen molar-refractivity contribution in [1.29, 1.82) is 0 Å². The molecule has 10 heteroatoms. The molecule has 9 nitrogen and oxygen atoms in total. The van der Waals surface area contributed by atoms with Crippen molar-refractivity contribution in [3.8, 4) is 11.5 Å². The van der Waals surface area contributed by atoms with Crippen molar-refractivity contribution in [2.75, 3.05) is 25.1 Å². The van der Waals surface area contributed by atoms with Gasteiger partial charge in [0.15, 0.2) is 11.5 Å². The first-order valence-corrected chi connectivity index (χ1v) is 16.8. The van der Waals surface area contributed by atoms with Crippen LogP contribution in [0.5, 0.6) is 11.5 Å². The van der Waals surface area contributed by atoms with E-state index in [-0.39, 0.29) is 29.5 Å². The molecule has 47 heavy (non-hydrogen) atoms. The first kappa shape index (κ1) is 35.0. The number of amides is 2. The minimum atomic E-state index is -4.31. The van der Waals surface area contributed by atoms with Crippen LogP contribution in [0.3, 0.4) is 0 Å². The van der Waals surface area contributed by atoms with Gasteiger partial charge < -0.3 is 19.7 Å². The Labute approximate surface area is 278 Å². The first-order valence-electron chi connectivity index (χ1n) is 15.3. The van der Waals surface area contributed by atoms with Crippen LogP contribution in [0.1, 0.15) is 37.5 Å². The number of aryl methyl sites for hydroxylation is 1. The van der Waals surface area contributed by atoms with E-state index in [0.717, 1.165) is 21.0 Å². The van der Waals surface area contributed by atoms with Gasteiger partial charge in [-0.2, -0.15) is 0 Å². The zero-order valence-corrected chi connectivity index (χ0v) is 28.6. The van der Waals surface area contributed by atoms with Gasteiger partial charge in [0.25, 0.3) is 10.0 Å². The number of nitrogens with zero attached hydrogens (tertiary/aromatic N) is 2. The molecule has 0 aliphatic heterocycles. The molecule has 1 atom stereocenters. The number of ether oxygens (including phenoxy) is 2. The Kier molecular flexibility index (Phi) is 11.3. The minimum absolute atomic E-state index is 0.0800. The summed E-state index contributed by atoms with van der Waals surface area (Å²) in [6.45, 7) is 7.12. The third-order valence-corrected chi connectivity index (χ3v) is 9.41. The number of methoxy groups -OCH3 is 2. The first-order chi connectivity index (χ1) is 22.3. The van der Waals surface area contributed by atoms with Crippen molar-refractivity contribution in [2.24, 2.45) is 0 Å². The average molecular weight is 658 g/mol. The summed E-state index contributed by atoms with van der Waals surface area (Å²) in [7, 11) is -1.42. The molecule has 0 spiro atoms. The van der Waals surface area contributed by atoms with Gasteiger partial charge in [-0.05, 0) is 68.7 Å². The summed E-state index contributed by atoms with van der Waals surface area (Å²) in [4.78, 5) is 30.1. The number of nitrogens with one attached hydrogen (secondary N) is 1. The molecule has 0 saturated carbocycles. The average Bonchev–Trinajstić information content (AvgIpc) is 3.05. The monoisotopic (exact) mass is 657 g/mol. The van der Waals surface area contributed by atoms with E-state index < -0.39 is 34.1 Å². The highest BCUT2D eigenvalue weighted by Gasteiger charge is 2.36. The number of para-hydroxylation sites is 1. The van der Waals surface area contributed by atoms with Crippen LogP contribution in [0.2, 0.25) is 0 Å². The molecule has 2 amide bonds. The molecule has 0 heterocycles. The van der Waals surface area contributed by atoms with E-state index in [4.69, 9.17) is 9.47 Å². The van der Waals surface area contributed by atoms with Gasteiger partial charge in [-0.15, -0.1) is 0 Å². The fourth-order valence-corrected chi connectivity index (χ4v) is 6.64. The molecule has 4 aromatic carbocycles. The third kappa shape index (κ3) is 8.92. The second-order valence-electron chi connectivity index (χ2n) is 12.3. The van der Waals surface area contributed by atoms with E-state index in [1.807, 2.05) is 82.3 Å². The van der Waals surface area contributed by atoms with Gasteiger partial charge in [-0.25, -0.2) is 8.42 Å². The number of benzene rings is 4. The molecule has 0 aromatic heterocycles. The van der Waals surface area contributed by atoms with Crippen LogP contribution in [-0.2, 0) is 32.6 Å². The predicted octanol–water partition coefficient (Wildman–Crippen LogP) is 5.76. The minimum Gasteiger partial charge on any atom is -0.493 e. The smallest absolute Gasteiger partial charge is 0.264 e. The topological polar surface area (TPSA) is 105 Å². The molecule has 1 N–H and O–H groups in total. The lowest BCUT2D eigenvalue weighted by Crippen LogP contribution is -2.56. The number of sulfonamides is 1. The van der Waals surface area contributed by atoms with Gasteiger partial charge in [0, 0.05) is 24.6 Å². The highest BCUT2D eigenvalue weighted by molar-refractivity contribution is 7.92. The summed E-state index contributed by atoms with van der Waals surface area (Å²) in [6.07, 6.45) is 0.230. The molecule has 4 aromatic rings. The number of carbonyl (C=O) groups excluding carboxylic acids is 2. The zero-order valence-electron chi connectivity index (χ0n) is 27.8. The van der Waals surface area contributed by atoms with Crippen molar-refractivity contribution >= 4 is 27.5 Å². The molecular formula is C37H43N3O6S. The van der Waals surface area contributed by atoms with Gasteiger partial charge in [0.2, 0.25) is 11.8 Å². The standard InChI is InChI=1S/C37H43N3O6S/c1-27-15-13-14-18-29(27)25-39(32(36(42)38-37(2,3)4)23-28-16-9-7-10-17-28)35(41)26-40(30-19-11-8-12-20-30)47(43,44)31-21-22-33(45-5)34(24-31)46-6/h7-22,24,32H,23,25-26H2,1-6H3,(H,38,42)/t32-/m0/s1. The van der Waals surface area contributed by atoms with E-state index in [0.29, 0.717) is 11.4 Å². The number of carbonyl (C=O) groups is 2. The molecule has 0 saturated heterocycles. The van der Waals surface area contributed by atoms with E-state index in [9.17, 15) is 18.0 Å². The number of anilines is 1. The van der Waals surface area contributed by atoms with Gasteiger partial charge in [-0.1, -0.05) is 72.8 Å². The van der Waals surface area contributed by atoms with Crippen molar-refractivity contribution in [1.82, 2.24) is 10.2 Å². The molecule has 248 valence electrons. The Morgan fingerprint density at radius 2 is 1.40 bits per heavy atom. The van der Waals surface area contributed by atoms with Gasteiger partial charge in [0.1, 0.15) is 12.6 Å². The van der Waals surface area contributed by atoms with Gasteiger partial charge in [0.05, 0.1) is 24.8 Å². The fraction of sp³-hybridized carbons (Fsp3) is 0.297. The van der Waals surface area contributed by atoms with Crippen LogP contribution in [0.4, 0.5) is 5.69 Å². The number of hydrogen-bond donors (Lipinski definition) is 1. The molecule has 4 rings (SSSR count). The summed E-state index contributed by atoms with van der Waals surface area (Å²) >= 11 is 0. The van der Waals surface area contributed by atoms with E-state index in [2.05, 4.69) is 5.32 Å². The van der Waals surface area contributed by atoms with Crippen LogP contribution in [0, 0.1) is 6.92 Å². The van der Waals surface area contributed by atoms with Crippen LogP contribution >= 0.6 is 0 Å². The van der Waals surface area contributed by atoms with E-state index >= 15 is 0 Å².